The predicted molar refractivity (Wildman–Crippen MR) is 123 cm³/mol. The van der Waals surface area contributed by atoms with Crippen LogP contribution in [0.5, 0.6) is 0 Å². The molecule has 7 nitrogen and oxygen atoms in total. The zero-order chi connectivity index (χ0) is 22.7. The summed E-state index contributed by atoms with van der Waals surface area (Å²) in [6, 6.07) is 23.4. The molecule has 1 aliphatic rings. The van der Waals surface area contributed by atoms with Crippen molar-refractivity contribution in [3.05, 3.63) is 100 Å². The average molecular weight is 429 g/mol. The van der Waals surface area contributed by atoms with Gasteiger partial charge in [0.25, 0.3) is 5.69 Å². The number of nitrogens with zero attached hydrogens (tertiary/aromatic N) is 3. The number of benzene rings is 3. The summed E-state index contributed by atoms with van der Waals surface area (Å²) in [5.41, 5.74) is 2.33. The van der Waals surface area contributed by atoms with Gasteiger partial charge in [-0.15, -0.1) is 0 Å². The molecule has 1 fully saturated rings. The van der Waals surface area contributed by atoms with E-state index in [-0.39, 0.29) is 29.6 Å². The lowest BCUT2D eigenvalue weighted by Gasteiger charge is -2.24. The van der Waals surface area contributed by atoms with Gasteiger partial charge < -0.3 is 4.90 Å². The van der Waals surface area contributed by atoms with E-state index < -0.39 is 10.8 Å². The van der Waals surface area contributed by atoms with Gasteiger partial charge in [-0.25, -0.2) is 4.90 Å². The molecule has 1 heterocycles. The summed E-state index contributed by atoms with van der Waals surface area (Å²) in [6.07, 6.45) is 0.0491. The van der Waals surface area contributed by atoms with Crippen LogP contribution >= 0.6 is 0 Å². The number of anilines is 2. The van der Waals surface area contributed by atoms with Gasteiger partial charge in [0, 0.05) is 25.6 Å². The van der Waals surface area contributed by atoms with E-state index in [1.807, 2.05) is 72.5 Å². The van der Waals surface area contributed by atoms with Crippen LogP contribution in [0.2, 0.25) is 0 Å². The van der Waals surface area contributed by atoms with Gasteiger partial charge in [-0.2, -0.15) is 0 Å². The minimum absolute atomic E-state index is 0.0491. The molecule has 2 amide bonds. The zero-order valence-corrected chi connectivity index (χ0v) is 17.7. The molecule has 32 heavy (non-hydrogen) atoms. The summed E-state index contributed by atoms with van der Waals surface area (Å²) in [5, 5.41) is 11.9. The number of amides is 2. The third kappa shape index (κ3) is 4.09. The maximum absolute atomic E-state index is 13.0. The molecule has 4 rings (SSSR count). The van der Waals surface area contributed by atoms with Crippen LogP contribution in [0.1, 0.15) is 30.4 Å². The van der Waals surface area contributed by atoms with E-state index in [2.05, 4.69) is 0 Å². The van der Waals surface area contributed by atoms with Crippen molar-refractivity contribution < 1.29 is 14.5 Å². The number of hydrogen-bond acceptors (Lipinski definition) is 5. The molecule has 3 aromatic carbocycles. The fourth-order valence-corrected chi connectivity index (χ4v) is 4.08. The van der Waals surface area contributed by atoms with Gasteiger partial charge in [-0.05, 0) is 30.2 Å². The molecule has 0 N–H and O–H groups in total. The van der Waals surface area contributed by atoms with Gasteiger partial charge in [0.1, 0.15) is 5.69 Å². The number of rotatable bonds is 7. The van der Waals surface area contributed by atoms with Gasteiger partial charge >= 0.3 is 0 Å². The summed E-state index contributed by atoms with van der Waals surface area (Å²) < 4.78 is 0. The first-order valence-corrected chi connectivity index (χ1v) is 10.5. The Balaban J connectivity index is 1.66. The van der Waals surface area contributed by atoms with Crippen molar-refractivity contribution in [3.8, 4) is 0 Å². The first-order valence-electron chi connectivity index (χ1n) is 10.5. The van der Waals surface area contributed by atoms with Crippen molar-refractivity contribution in [1.82, 2.24) is 0 Å². The number of nitro benzene ring substituents is 1. The third-order valence-electron chi connectivity index (χ3n) is 5.70. The van der Waals surface area contributed by atoms with Crippen LogP contribution in [0.15, 0.2) is 78.9 Å². The lowest BCUT2D eigenvalue weighted by Crippen LogP contribution is -2.30. The van der Waals surface area contributed by atoms with Crippen LogP contribution in [0.4, 0.5) is 17.1 Å². The van der Waals surface area contributed by atoms with Crippen LogP contribution in [0, 0.1) is 10.1 Å². The fourth-order valence-electron chi connectivity index (χ4n) is 4.08. The normalized spacial score (nSPS) is 15.8. The van der Waals surface area contributed by atoms with Crippen LogP contribution < -0.4 is 9.80 Å². The van der Waals surface area contributed by atoms with Crippen molar-refractivity contribution in [2.45, 2.75) is 25.8 Å². The smallest absolute Gasteiger partial charge is 0.294 e. The number of carbonyl (C=O) groups excluding carboxylic acids is 2. The quantitative estimate of drug-likeness (QED) is 0.310. The monoisotopic (exact) mass is 429 g/mol. The Morgan fingerprint density at radius 3 is 2.28 bits per heavy atom. The van der Waals surface area contributed by atoms with Crippen LogP contribution in [-0.4, -0.2) is 23.3 Å². The van der Waals surface area contributed by atoms with Crippen molar-refractivity contribution in [2.24, 2.45) is 0 Å². The minimum atomic E-state index is -0.576. The second kappa shape index (κ2) is 9.01. The van der Waals surface area contributed by atoms with Crippen molar-refractivity contribution >= 4 is 28.9 Å². The maximum Gasteiger partial charge on any atom is 0.294 e. The summed E-state index contributed by atoms with van der Waals surface area (Å²) in [7, 11) is 0. The Hall–Kier alpha value is -4.00. The Bertz CT molecular complexity index is 1150. The van der Waals surface area contributed by atoms with Crippen molar-refractivity contribution in [1.29, 1.82) is 0 Å². The van der Waals surface area contributed by atoms with E-state index in [0.717, 1.165) is 16.0 Å². The van der Waals surface area contributed by atoms with Crippen molar-refractivity contribution in [2.75, 3.05) is 16.3 Å². The van der Waals surface area contributed by atoms with Gasteiger partial charge in [-0.3, -0.25) is 19.7 Å². The van der Waals surface area contributed by atoms with E-state index >= 15 is 0 Å². The molecule has 0 unspecified atom stereocenters. The van der Waals surface area contributed by atoms with E-state index in [1.165, 1.54) is 6.07 Å². The first-order chi connectivity index (χ1) is 15.5. The molecular weight excluding hydrogens is 406 g/mol. The largest absolute Gasteiger partial charge is 0.362 e. The van der Waals surface area contributed by atoms with E-state index in [0.29, 0.717) is 18.8 Å². The highest BCUT2D eigenvalue weighted by Gasteiger charge is 2.41. The highest BCUT2D eigenvalue weighted by atomic mass is 16.6. The summed E-state index contributed by atoms with van der Waals surface area (Å²) in [4.78, 5) is 40.1. The van der Waals surface area contributed by atoms with Gasteiger partial charge in [0.2, 0.25) is 11.8 Å². The number of carbonyl (C=O) groups is 2. The Morgan fingerprint density at radius 2 is 1.66 bits per heavy atom. The number of hydrogen-bond donors (Lipinski definition) is 0. The van der Waals surface area contributed by atoms with Crippen molar-refractivity contribution in [3.63, 3.8) is 0 Å². The molecule has 0 aliphatic carbocycles. The molecule has 162 valence electrons. The second-order valence-corrected chi connectivity index (χ2v) is 7.66. The topological polar surface area (TPSA) is 83.8 Å². The molecule has 3 aromatic rings. The van der Waals surface area contributed by atoms with Crippen LogP contribution in [-0.2, 0) is 16.1 Å². The zero-order valence-electron chi connectivity index (χ0n) is 17.7. The highest BCUT2D eigenvalue weighted by Crippen LogP contribution is 2.38. The average Bonchev–Trinajstić information content (AvgIpc) is 3.12. The molecular formula is C25H23N3O4. The predicted octanol–water partition coefficient (Wildman–Crippen LogP) is 4.67. The fraction of sp³-hybridized carbons (Fsp3) is 0.200. The second-order valence-electron chi connectivity index (χ2n) is 7.66. The lowest BCUT2D eigenvalue weighted by atomic mass is 9.98. The first kappa shape index (κ1) is 21.2. The van der Waals surface area contributed by atoms with Gasteiger partial charge in [0.15, 0.2) is 0 Å². The SMILES string of the molecule is CCN(Cc1ccccc1)c1ccc(N2C(=O)C[C@H](c3ccccc3)C2=O)cc1[N+](=O)[O-]. The molecule has 0 bridgehead atoms. The lowest BCUT2D eigenvalue weighted by molar-refractivity contribution is -0.384. The van der Waals surface area contributed by atoms with E-state index in [9.17, 15) is 19.7 Å². The standard InChI is InChI=1S/C25H23N3O4/c1-2-26(17-18-9-5-3-6-10-18)22-14-13-20(15-23(22)28(31)32)27-24(29)16-21(25(27)30)19-11-7-4-8-12-19/h3-15,21H,2,16-17H2,1H3/t21-/m1/s1. The summed E-state index contributed by atoms with van der Waals surface area (Å²) >= 11 is 0. The van der Waals surface area contributed by atoms with E-state index in [4.69, 9.17) is 0 Å². The highest BCUT2D eigenvalue weighted by molar-refractivity contribution is 6.22. The van der Waals surface area contributed by atoms with Crippen LogP contribution in [0.25, 0.3) is 0 Å². The Kier molecular flexibility index (Phi) is 5.98. The maximum atomic E-state index is 13.0. The van der Waals surface area contributed by atoms with Gasteiger partial charge in [-0.1, -0.05) is 60.7 Å². The number of nitro groups is 1. The molecule has 0 aromatic heterocycles. The third-order valence-corrected chi connectivity index (χ3v) is 5.70. The number of imide groups is 1. The Labute approximate surface area is 186 Å². The minimum Gasteiger partial charge on any atom is -0.362 e. The Morgan fingerprint density at radius 1 is 1.00 bits per heavy atom. The van der Waals surface area contributed by atoms with E-state index in [1.54, 1.807) is 12.1 Å². The molecule has 1 saturated heterocycles. The van der Waals surface area contributed by atoms with Gasteiger partial charge in [0.05, 0.1) is 16.5 Å². The molecule has 1 atom stereocenters. The molecule has 0 spiro atoms. The molecule has 0 saturated carbocycles. The summed E-state index contributed by atoms with van der Waals surface area (Å²) in [6.45, 7) is 3.00. The summed E-state index contributed by atoms with van der Waals surface area (Å²) in [5.74, 6) is -1.30. The molecule has 7 heteroatoms. The van der Waals surface area contributed by atoms with Crippen LogP contribution in [0.3, 0.4) is 0 Å². The molecule has 1 aliphatic heterocycles. The molecule has 0 radical (unpaired) electrons.